The lowest BCUT2D eigenvalue weighted by molar-refractivity contribution is -0.138. The van der Waals surface area contributed by atoms with Crippen LogP contribution in [-0.2, 0) is 20.9 Å². The lowest BCUT2D eigenvalue weighted by atomic mass is 10.00. The zero-order valence-electron chi connectivity index (χ0n) is 26.3. The highest BCUT2D eigenvalue weighted by molar-refractivity contribution is 6.43. The van der Waals surface area contributed by atoms with Crippen molar-refractivity contribution in [2.75, 3.05) is 20.2 Å². The maximum Gasteiger partial charge on any atom is 0.338 e. The highest BCUT2D eigenvalue weighted by Gasteiger charge is 2.30. The Labute approximate surface area is 259 Å². The maximum absolute atomic E-state index is 15.4. The van der Waals surface area contributed by atoms with Crippen LogP contribution in [0.25, 0.3) is 11.1 Å². The van der Waals surface area contributed by atoms with Crippen LogP contribution in [0, 0.1) is 5.82 Å². The smallest absolute Gasteiger partial charge is 0.338 e. The van der Waals surface area contributed by atoms with Gasteiger partial charge in [-0.25, -0.2) is 14.2 Å². The molecule has 2 aromatic rings. The number of aromatic nitrogens is 1. The van der Waals surface area contributed by atoms with Crippen molar-refractivity contribution < 1.29 is 18.7 Å². The van der Waals surface area contributed by atoms with Crippen LogP contribution in [0.2, 0.25) is 0 Å². The largest absolute Gasteiger partial charge is 0.462 e. The first-order valence-corrected chi connectivity index (χ1v) is 15.0. The van der Waals surface area contributed by atoms with Crippen LogP contribution in [0.5, 0.6) is 0 Å². The van der Waals surface area contributed by atoms with Gasteiger partial charge >= 0.3 is 5.97 Å². The normalized spacial score (nSPS) is 18.3. The number of halogens is 1. The van der Waals surface area contributed by atoms with Gasteiger partial charge in [-0.2, -0.15) is 0 Å². The molecular formula is C36H41FN4O3. The molecule has 0 spiro atoms. The summed E-state index contributed by atoms with van der Waals surface area (Å²) in [5, 5.41) is 0. The molecule has 0 saturated heterocycles. The summed E-state index contributed by atoms with van der Waals surface area (Å²) in [5.74, 6) is -0.516. The number of rotatable bonds is 9. The summed E-state index contributed by atoms with van der Waals surface area (Å²) in [7, 11) is 1.88. The number of fused-ring (bicyclic) bond motifs is 1. The standard InChI is InChI=1S/C36H41FN4O3/c1-8-27(36(43)44-10-3)15-14-24(4)28-16-17-30(31(37)22-28)25(5)21-34-38-32(23-29(9-2)39(34)7)35(42)41-20-12-19-40-18-11-13-33(40)26(41)6/h8,11,13-18,21-23,26H,1,5,9-10,12,19-20H2,2-4,6-7H3/b24-14+,27-15+,34-21-. The number of esters is 1. The van der Waals surface area contributed by atoms with Crippen LogP contribution in [0.3, 0.4) is 0 Å². The number of aryl methyl sites for hydroxylation is 1. The average molecular weight is 597 g/mol. The zero-order chi connectivity index (χ0) is 32.0. The number of hydrogen-bond acceptors (Lipinski definition) is 5. The van der Waals surface area contributed by atoms with Gasteiger partial charge in [0, 0.05) is 43.3 Å². The van der Waals surface area contributed by atoms with E-state index in [1.54, 1.807) is 37.3 Å². The Balaban J connectivity index is 1.59. The van der Waals surface area contributed by atoms with Gasteiger partial charge in [0.1, 0.15) is 17.3 Å². The molecule has 8 heteroatoms. The molecular weight excluding hydrogens is 555 g/mol. The first kappa shape index (κ1) is 32.2. The van der Waals surface area contributed by atoms with E-state index in [0.29, 0.717) is 46.8 Å². The molecule has 1 unspecified atom stereocenters. The zero-order valence-corrected chi connectivity index (χ0v) is 26.3. The van der Waals surface area contributed by atoms with E-state index in [-0.39, 0.29) is 18.6 Å². The van der Waals surface area contributed by atoms with Crippen molar-refractivity contribution in [3.05, 3.63) is 120 Å². The molecule has 0 N–H and O–H groups in total. The molecule has 0 saturated carbocycles. The molecule has 0 radical (unpaired) electrons. The van der Waals surface area contributed by atoms with Crippen LogP contribution in [0.15, 0.2) is 102 Å². The minimum absolute atomic E-state index is 0.0858. The van der Waals surface area contributed by atoms with Crippen LogP contribution >= 0.6 is 0 Å². The number of carbonyl (C=O) groups is 2. The summed E-state index contributed by atoms with van der Waals surface area (Å²) >= 11 is 0. The Morgan fingerprint density at radius 3 is 2.64 bits per heavy atom. The van der Waals surface area contributed by atoms with E-state index in [9.17, 15) is 9.59 Å². The van der Waals surface area contributed by atoms with Crippen LogP contribution < -0.4 is 0 Å². The summed E-state index contributed by atoms with van der Waals surface area (Å²) in [6, 6.07) is 8.90. The average Bonchev–Trinajstić information content (AvgIpc) is 3.42. The molecule has 0 fully saturated rings. The quantitative estimate of drug-likeness (QED) is 0.174. The van der Waals surface area contributed by atoms with E-state index in [0.717, 1.165) is 29.9 Å². The summed E-state index contributed by atoms with van der Waals surface area (Å²) in [6.45, 7) is 17.2. The first-order valence-electron chi connectivity index (χ1n) is 15.0. The lowest BCUT2D eigenvalue weighted by Crippen LogP contribution is -2.39. The third-order valence-corrected chi connectivity index (χ3v) is 8.03. The van der Waals surface area contributed by atoms with E-state index in [2.05, 4.69) is 30.0 Å². The second kappa shape index (κ2) is 14.2. The minimum Gasteiger partial charge on any atom is -0.462 e. The van der Waals surface area contributed by atoms with Gasteiger partial charge in [-0.1, -0.05) is 44.4 Å². The number of ether oxygens (including phenoxy) is 1. The molecule has 4 rings (SSSR count). The van der Waals surface area contributed by atoms with Gasteiger partial charge in [0.15, 0.2) is 0 Å². The van der Waals surface area contributed by atoms with Crippen molar-refractivity contribution in [3.63, 3.8) is 0 Å². The molecule has 2 aliphatic heterocycles. The number of hydrogen-bond donors (Lipinski definition) is 0. The van der Waals surface area contributed by atoms with Gasteiger partial charge in [-0.3, -0.25) is 4.79 Å². The monoisotopic (exact) mass is 596 g/mol. The Kier molecular flexibility index (Phi) is 10.4. The molecule has 3 heterocycles. The third-order valence-electron chi connectivity index (χ3n) is 8.03. The van der Waals surface area contributed by atoms with Crippen LogP contribution in [-0.4, -0.2) is 52.2 Å². The topological polar surface area (TPSA) is 67.1 Å². The molecule has 1 aromatic heterocycles. The number of aliphatic imine (C=N–C) groups is 1. The van der Waals surface area contributed by atoms with E-state index in [1.165, 1.54) is 12.1 Å². The predicted molar refractivity (Wildman–Crippen MR) is 175 cm³/mol. The van der Waals surface area contributed by atoms with E-state index >= 15 is 4.39 Å². The fourth-order valence-electron chi connectivity index (χ4n) is 5.41. The van der Waals surface area contributed by atoms with Crippen molar-refractivity contribution in [2.45, 2.75) is 53.1 Å². The first-order chi connectivity index (χ1) is 21.1. The van der Waals surface area contributed by atoms with E-state index in [1.807, 2.05) is 49.8 Å². The van der Waals surface area contributed by atoms with E-state index < -0.39 is 11.8 Å². The maximum atomic E-state index is 15.4. The van der Waals surface area contributed by atoms with Gasteiger partial charge in [0.25, 0.3) is 5.91 Å². The van der Waals surface area contributed by atoms with Crippen molar-refractivity contribution in [2.24, 2.45) is 4.99 Å². The van der Waals surface area contributed by atoms with Crippen molar-refractivity contribution in [3.8, 4) is 0 Å². The van der Waals surface area contributed by atoms with Gasteiger partial charge in [0.05, 0.1) is 18.2 Å². The molecule has 1 amide bonds. The molecule has 1 aromatic carbocycles. The number of amides is 1. The predicted octanol–water partition coefficient (Wildman–Crippen LogP) is 7.23. The molecule has 7 nitrogen and oxygen atoms in total. The highest BCUT2D eigenvalue weighted by atomic mass is 19.1. The van der Waals surface area contributed by atoms with Gasteiger partial charge in [-0.15, -0.1) is 0 Å². The molecule has 230 valence electrons. The second-order valence-corrected chi connectivity index (χ2v) is 10.8. The number of carbonyl (C=O) groups excluding carboxylic acids is 2. The fourth-order valence-corrected chi connectivity index (χ4v) is 5.41. The number of nitrogens with zero attached hydrogens (tertiary/aromatic N) is 4. The Morgan fingerprint density at radius 1 is 1.18 bits per heavy atom. The molecule has 0 bridgehead atoms. The van der Waals surface area contributed by atoms with Gasteiger partial charge in [-0.05, 0) is 86.7 Å². The highest BCUT2D eigenvalue weighted by Crippen LogP contribution is 2.30. The van der Waals surface area contributed by atoms with Crippen LogP contribution in [0.1, 0.15) is 63.4 Å². The number of allylic oxidation sites excluding steroid dienone is 6. The molecule has 44 heavy (non-hydrogen) atoms. The van der Waals surface area contributed by atoms with E-state index in [4.69, 9.17) is 9.73 Å². The second-order valence-electron chi connectivity index (χ2n) is 10.8. The molecule has 1 atom stereocenters. The molecule has 0 aliphatic carbocycles. The van der Waals surface area contributed by atoms with Crippen LogP contribution in [0.4, 0.5) is 4.39 Å². The number of benzene rings is 1. The SMILES string of the molecule is C=C/C(=C\C=C(/C)c1ccc(C(=C)/C=C2/N=C(C(=O)N3CCCn4cccc4C3C)C=C(CC)N2C)c(F)c1)C(=O)OCC. The molecule has 2 aliphatic rings. The Morgan fingerprint density at radius 2 is 1.95 bits per heavy atom. The van der Waals surface area contributed by atoms with Crippen molar-refractivity contribution in [1.29, 1.82) is 0 Å². The Hall–Kier alpha value is -4.72. The lowest BCUT2D eigenvalue weighted by Gasteiger charge is -2.31. The van der Waals surface area contributed by atoms with Crippen molar-refractivity contribution in [1.82, 2.24) is 14.4 Å². The van der Waals surface area contributed by atoms with Gasteiger partial charge in [0.2, 0.25) is 0 Å². The van der Waals surface area contributed by atoms with Crippen molar-refractivity contribution >= 4 is 28.7 Å². The summed E-state index contributed by atoms with van der Waals surface area (Å²) in [4.78, 5) is 34.4. The third kappa shape index (κ3) is 6.91. The summed E-state index contributed by atoms with van der Waals surface area (Å²) in [6.07, 6.45) is 11.9. The fraction of sp³-hybridized carbons (Fsp3) is 0.306. The minimum atomic E-state index is -0.463. The summed E-state index contributed by atoms with van der Waals surface area (Å²) in [5.41, 5.74) is 4.89. The van der Waals surface area contributed by atoms with Gasteiger partial charge < -0.3 is 19.1 Å². The Bertz CT molecular complexity index is 1620. The summed E-state index contributed by atoms with van der Waals surface area (Å²) < 4.78 is 22.7.